The number of piperidine rings is 1. The van der Waals surface area contributed by atoms with E-state index in [0.717, 1.165) is 43.3 Å². The molecular formula is C19H26N4O. The molecule has 1 aromatic heterocycles. The van der Waals surface area contributed by atoms with Gasteiger partial charge in [0.05, 0.1) is 12.8 Å². The van der Waals surface area contributed by atoms with Crippen LogP contribution < -0.4 is 10.1 Å². The van der Waals surface area contributed by atoms with Gasteiger partial charge in [0, 0.05) is 24.6 Å². The summed E-state index contributed by atoms with van der Waals surface area (Å²) in [6, 6.07) is 8.12. The van der Waals surface area contributed by atoms with Gasteiger partial charge in [-0.2, -0.15) is 5.10 Å². The van der Waals surface area contributed by atoms with Gasteiger partial charge in [0.15, 0.2) is 0 Å². The Bertz CT molecular complexity index is 724. The molecule has 4 rings (SSSR count). The minimum atomic E-state index is 0.545. The van der Waals surface area contributed by atoms with Crippen LogP contribution in [0.3, 0.4) is 0 Å². The molecule has 1 saturated heterocycles. The monoisotopic (exact) mass is 326 g/mol. The van der Waals surface area contributed by atoms with Gasteiger partial charge in [0.2, 0.25) is 0 Å². The lowest BCUT2D eigenvalue weighted by Gasteiger charge is -2.31. The summed E-state index contributed by atoms with van der Waals surface area (Å²) in [4.78, 5) is 2.55. The maximum absolute atomic E-state index is 5.55. The molecule has 2 aliphatic heterocycles. The molecule has 3 heterocycles. The molecule has 0 spiro atoms. The van der Waals surface area contributed by atoms with Crippen LogP contribution >= 0.6 is 0 Å². The summed E-state index contributed by atoms with van der Waals surface area (Å²) < 4.78 is 7.61. The molecule has 2 aliphatic rings. The van der Waals surface area contributed by atoms with Gasteiger partial charge in [0.1, 0.15) is 17.3 Å². The molecule has 1 N–H and O–H groups in total. The Balaban J connectivity index is 1.75. The molecule has 0 bridgehead atoms. The first-order valence-corrected chi connectivity index (χ1v) is 9.03. The number of para-hydroxylation sites is 2. The number of hydrogen-bond acceptors (Lipinski definition) is 4. The molecule has 0 radical (unpaired) electrons. The van der Waals surface area contributed by atoms with Crippen molar-refractivity contribution >= 4 is 5.82 Å². The number of rotatable bonds is 4. The minimum absolute atomic E-state index is 0.545. The number of fused-ring (bicyclic) bond motifs is 1. The second-order valence-corrected chi connectivity index (χ2v) is 6.71. The van der Waals surface area contributed by atoms with Crippen LogP contribution in [0.5, 0.6) is 5.75 Å². The Morgan fingerprint density at radius 3 is 3.04 bits per heavy atom. The Labute approximate surface area is 143 Å². The van der Waals surface area contributed by atoms with E-state index in [9.17, 15) is 0 Å². The van der Waals surface area contributed by atoms with E-state index in [1.807, 2.05) is 18.2 Å². The number of aromatic nitrogens is 2. The van der Waals surface area contributed by atoms with E-state index in [2.05, 4.69) is 27.9 Å². The van der Waals surface area contributed by atoms with Crippen molar-refractivity contribution in [2.45, 2.75) is 32.1 Å². The number of benzene rings is 1. The van der Waals surface area contributed by atoms with Crippen LogP contribution in [0.1, 0.15) is 36.9 Å². The lowest BCUT2D eigenvalue weighted by atomic mass is 9.92. The zero-order valence-corrected chi connectivity index (χ0v) is 14.6. The van der Waals surface area contributed by atoms with E-state index in [4.69, 9.17) is 9.84 Å². The summed E-state index contributed by atoms with van der Waals surface area (Å²) in [5.41, 5.74) is 3.71. The van der Waals surface area contributed by atoms with Gasteiger partial charge in [-0.3, -0.25) is 0 Å². The molecule has 24 heavy (non-hydrogen) atoms. The van der Waals surface area contributed by atoms with Gasteiger partial charge in [-0.15, -0.1) is 0 Å². The maximum atomic E-state index is 5.55. The van der Waals surface area contributed by atoms with Crippen LogP contribution in [-0.2, 0) is 6.42 Å². The van der Waals surface area contributed by atoms with Crippen LogP contribution in [0, 0.1) is 0 Å². The van der Waals surface area contributed by atoms with Crippen molar-refractivity contribution in [2.24, 2.45) is 0 Å². The topological polar surface area (TPSA) is 42.3 Å². The van der Waals surface area contributed by atoms with E-state index >= 15 is 0 Å². The molecule has 1 fully saturated rings. The molecule has 1 aromatic carbocycles. The fourth-order valence-corrected chi connectivity index (χ4v) is 4.07. The van der Waals surface area contributed by atoms with E-state index in [1.165, 1.54) is 30.6 Å². The first-order valence-electron chi connectivity index (χ1n) is 9.03. The predicted octanol–water partition coefficient (Wildman–Crippen LogP) is 3.05. The van der Waals surface area contributed by atoms with Crippen molar-refractivity contribution in [3.8, 4) is 11.4 Å². The smallest absolute Gasteiger partial charge is 0.144 e. The highest BCUT2D eigenvalue weighted by molar-refractivity contribution is 5.60. The first kappa shape index (κ1) is 15.5. The molecule has 1 unspecified atom stereocenters. The van der Waals surface area contributed by atoms with Gasteiger partial charge < -0.3 is 15.0 Å². The Morgan fingerprint density at radius 1 is 1.33 bits per heavy atom. The fourth-order valence-electron chi connectivity index (χ4n) is 4.07. The Hall–Kier alpha value is -2.01. The highest BCUT2D eigenvalue weighted by Crippen LogP contribution is 2.37. The zero-order chi connectivity index (χ0) is 16.5. The lowest BCUT2D eigenvalue weighted by Crippen LogP contribution is -2.34. The fraction of sp³-hybridized carbons (Fsp3) is 0.526. The van der Waals surface area contributed by atoms with Crippen molar-refractivity contribution in [3.05, 3.63) is 35.5 Å². The van der Waals surface area contributed by atoms with Gasteiger partial charge in [-0.1, -0.05) is 19.1 Å². The normalized spacial score (nSPS) is 20.7. The van der Waals surface area contributed by atoms with Crippen LogP contribution in [0.2, 0.25) is 0 Å². The highest BCUT2D eigenvalue weighted by atomic mass is 16.5. The van der Waals surface area contributed by atoms with Gasteiger partial charge >= 0.3 is 0 Å². The number of ether oxygens (including phenoxy) is 1. The van der Waals surface area contributed by atoms with Crippen molar-refractivity contribution in [1.29, 1.82) is 0 Å². The third-order valence-corrected chi connectivity index (χ3v) is 5.33. The highest BCUT2D eigenvalue weighted by Gasteiger charge is 2.30. The van der Waals surface area contributed by atoms with Crippen LogP contribution in [-0.4, -0.2) is 48.0 Å². The third-order valence-electron chi connectivity index (χ3n) is 5.33. The summed E-state index contributed by atoms with van der Waals surface area (Å²) in [6.07, 6.45) is 3.58. The average Bonchev–Trinajstić information content (AvgIpc) is 3.24. The second kappa shape index (κ2) is 6.48. The summed E-state index contributed by atoms with van der Waals surface area (Å²) >= 11 is 0. The first-order chi connectivity index (χ1) is 11.8. The number of nitrogens with one attached hydrogen (secondary N) is 1. The van der Waals surface area contributed by atoms with E-state index in [0.29, 0.717) is 5.92 Å². The Kier molecular flexibility index (Phi) is 4.19. The molecule has 1 atom stereocenters. The van der Waals surface area contributed by atoms with Crippen LogP contribution in [0.25, 0.3) is 5.69 Å². The molecule has 5 nitrogen and oxygen atoms in total. The Morgan fingerprint density at radius 2 is 2.21 bits per heavy atom. The summed E-state index contributed by atoms with van der Waals surface area (Å²) in [6.45, 7) is 6.73. The number of anilines is 1. The van der Waals surface area contributed by atoms with Crippen molar-refractivity contribution in [3.63, 3.8) is 0 Å². The number of hydrogen-bond donors (Lipinski definition) is 1. The van der Waals surface area contributed by atoms with Gasteiger partial charge in [-0.05, 0) is 44.5 Å². The maximum Gasteiger partial charge on any atom is 0.144 e. The molecule has 2 aromatic rings. The van der Waals surface area contributed by atoms with Gasteiger partial charge in [0.25, 0.3) is 0 Å². The second-order valence-electron chi connectivity index (χ2n) is 6.71. The van der Waals surface area contributed by atoms with E-state index in [-0.39, 0.29) is 0 Å². The third kappa shape index (κ3) is 2.57. The standard InChI is InChI=1S/C19H26N4O/c1-3-22-12-6-7-14(13-22)18-15-10-11-20-19(15)23(21-18)16-8-4-5-9-17(16)24-2/h4-5,8-9,14,20H,3,6-7,10-13H2,1-2H3. The molecular weight excluding hydrogens is 300 g/mol. The number of nitrogens with zero attached hydrogens (tertiary/aromatic N) is 3. The quantitative estimate of drug-likeness (QED) is 0.938. The predicted molar refractivity (Wildman–Crippen MR) is 96.4 cm³/mol. The van der Waals surface area contributed by atoms with E-state index < -0.39 is 0 Å². The van der Waals surface area contributed by atoms with Crippen molar-refractivity contribution in [1.82, 2.24) is 14.7 Å². The molecule has 0 saturated carbocycles. The summed E-state index contributed by atoms with van der Waals surface area (Å²) in [5.74, 6) is 2.56. The largest absolute Gasteiger partial charge is 0.494 e. The molecule has 128 valence electrons. The van der Waals surface area contributed by atoms with Gasteiger partial charge in [-0.25, -0.2) is 4.68 Å². The molecule has 0 amide bonds. The summed E-state index contributed by atoms with van der Waals surface area (Å²) in [5, 5.41) is 8.59. The zero-order valence-electron chi connectivity index (χ0n) is 14.6. The van der Waals surface area contributed by atoms with Crippen molar-refractivity contribution in [2.75, 3.05) is 38.6 Å². The average molecular weight is 326 g/mol. The lowest BCUT2D eigenvalue weighted by molar-refractivity contribution is 0.215. The SMILES string of the molecule is CCN1CCCC(c2nn(-c3ccccc3OC)c3c2CCN3)C1. The molecule has 5 heteroatoms. The number of likely N-dealkylation sites (N-methyl/N-ethyl adjacent to an activating group) is 1. The van der Waals surface area contributed by atoms with E-state index in [1.54, 1.807) is 7.11 Å². The molecule has 0 aliphatic carbocycles. The van der Waals surface area contributed by atoms with Crippen molar-refractivity contribution < 1.29 is 4.74 Å². The number of methoxy groups -OCH3 is 1. The van der Waals surface area contributed by atoms with Crippen LogP contribution in [0.4, 0.5) is 5.82 Å². The minimum Gasteiger partial charge on any atom is -0.494 e. The number of likely N-dealkylation sites (tertiary alicyclic amines) is 1. The summed E-state index contributed by atoms with van der Waals surface area (Å²) in [7, 11) is 1.72. The van der Waals surface area contributed by atoms with Crippen LogP contribution in [0.15, 0.2) is 24.3 Å².